The zero-order valence-corrected chi connectivity index (χ0v) is 12.1. The first-order chi connectivity index (χ1) is 9.35. The van der Waals surface area contributed by atoms with E-state index in [-0.39, 0.29) is 11.4 Å². The van der Waals surface area contributed by atoms with Gasteiger partial charge >= 0.3 is 6.18 Å². The van der Waals surface area contributed by atoms with E-state index in [9.17, 15) is 13.2 Å². The van der Waals surface area contributed by atoms with Crippen LogP contribution >= 0.6 is 11.6 Å². The molecule has 1 aliphatic carbocycles. The maximum absolute atomic E-state index is 12.7. The summed E-state index contributed by atoms with van der Waals surface area (Å²) in [5.41, 5.74) is -1.03. The highest BCUT2D eigenvalue weighted by atomic mass is 35.5. The summed E-state index contributed by atoms with van der Waals surface area (Å²) in [5.74, 6) is 1.26. The van der Waals surface area contributed by atoms with Crippen LogP contribution in [0.15, 0.2) is 18.3 Å². The van der Waals surface area contributed by atoms with Crippen LogP contribution in [0, 0.1) is 5.92 Å². The van der Waals surface area contributed by atoms with Crippen LogP contribution in [-0.4, -0.2) is 16.4 Å². The molecule has 0 atom stereocenters. The van der Waals surface area contributed by atoms with Crippen LogP contribution in [0.25, 0.3) is 0 Å². The van der Waals surface area contributed by atoms with Gasteiger partial charge in [-0.3, -0.25) is 0 Å². The number of nitrogens with one attached hydrogen (secondary N) is 1. The van der Waals surface area contributed by atoms with Crippen LogP contribution in [0.4, 0.5) is 19.0 Å². The third kappa shape index (κ3) is 3.57. The number of hydrogen-bond acceptors (Lipinski definition) is 2. The van der Waals surface area contributed by atoms with Crippen molar-refractivity contribution in [1.29, 1.82) is 0 Å². The molecule has 1 saturated carbocycles. The van der Waals surface area contributed by atoms with Gasteiger partial charge in [0.25, 0.3) is 0 Å². The minimum atomic E-state index is -4.35. The maximum Gasteiger partial charge on any atom is 0.416 e. The van der Waals surface area contributed by atoms with Crippen molar-refractivity contribution in [2.75, 3.05) is 11.2 Å². The van der Waals surface area contributed by atoms with Crippen molar-refractivity contribution in [2.45, 2.75) is 44.3 Å². The molecule has 2 rings (SSSR count). The van der Waals surface area contributed by atoms with Crippen LogP contribution in [0.3, 0.4) is 0 Å². The summed E-state index contributed by atoms with van der Waals surface area (Å²) in [6.07, 6.45) is 0.593. The van der Waals surface area contributed by atoms with Crippen LogP contribution in [-0.2, 0) is 6.18 Å². The second kappa shape index (κ2) is 5.80. The number of alkyl halides is 4. The fourth-order valence-electron chi connectivity index (χ4n) is 2.55. The van der Waals surface area contributed by atoms with Crippen molar-refractivity contribution in [3.8, 4) is 0 Å². The average molecular weight is 307 g/mol. The van der Waals surface area contributed by atoms with E-state index >= 15 is 0 Å². The van der Waals surface area contributed by atoms with Crippen molar-refractivity contribution in [1.82, 2.24) is 4.98 Å². The molecule has 0 radical (unpaired) electrons. The zero-order chi connectivity index (χ0) is 14.8. The quantitative estimate of drug-likeness (QED) is 0.819. The van der Waals surface area contributed by atoms with Gasteiger partial charge in [0, 0.05) is 12.1 Å². The minimum absolute atomic E-state index is 0.245. The third-order valence-corrected chi connectivity index (χ3v) is 4.48. The van der Waals surface area contributed by atoms with Gasteiger partial charge in [-0.05, 0) is 43.7 Å². The Labute approximate surface area is 121 Å². The van der Waals surface area contributed by atoms with Crippen molar-refractivity contribution in [3.63, 3.8) is 0 Å². The van der Waals surface area contributed by atoms with E-state index in [2.05, 4.69) is 17.2 Å². The molecule has 0 bridgehead atoms. The molecular weight excluding hydrogens is 289 g/mol. The predicted octanol–water partition coefficient (Wildman–Crippen LogP) is 4.70. The first kappa shape index (κ1) is 15.4. The number of nitrogens with zero attached hydrogens (tertiary/aromatic N) is 1. The molecule has 1 heterocycles. The van der Waals surface area contributed by atoms with E-state index in [1.807, 2.05) is 0 Å². The van der Waals surface area contributed by atoms with E-state index in [0.29, 0.717) is 11.8 Å². The van der Waals surface area contributed by atoms with E-state index in [0.717, 1.165) is 37.8 Å². The van der Waals surface area contributed by atoms with E-state index in [1.165, 1.54) is 6.20 Å². The fourth-order valence-corrected chi connectivity index (χ4v) is 2.89. The molecule has 0 aliphatic heterocycles. The second-order valence-electron chi connectivity index (χ2n) is 5.65. The van der Waals surface area contributed by atoms with Crippen LogP contribution < -0.4 is 5.32 Å². The largest absolute Gasteiger partial charge is 0.416 e. The van der Waals surface area contributed by atoms with Gasteiger partial charge in [-0.2, -0.15) is 13.2 Å². The second-order valence-corrected chi connectivity index (χ2v) is 5.92. The highest BCUT2D eigenvalue weighted by molar-refractivity contribution is 6.18. The van der Waals surface area contributed by atoms with Gasteiger partial charge in [-0.1, -0.05) is 6.92 Å². The first-order valence-corrected chi connectivity index (χ1v) is 7.25. The van der Waals surface area contributed by atoms with Crippen molar-refractivity contribution in [2.24, 2.45) is 5.92 Å². The topological polar surface area (TPSA) is 24.9 Å². The summed E-state index contributed by atoms with van der Waals surface area (Å²) in [6, 6.07) is 2.02. The molecule has 112 valence electrons. The number of halogens is 4. The number of hydrogen-bond donors (Lipinski definition) is 1. The van der Waals surface area contributed by atoms with Gasteiger partial charge in [0.05, 0.1) is 11.1 Å². The molecule has 0 saturated heterocycles. The number of rotatable bonds is 3. The molecule has 0 unspecified atom stereocenters. The Balaban J connectivity index is 2.16. The SMILES string of the molecule is CC1CCC(CCl)(Nc2cc(C(F)(F)F)ccn2)CC1. The summed E-state index contributed by atoms with van der Waals surface area (Å²) in [7, 11) is 0. The molecule has 0 spiro atoms. The van der Waals surface area contributed by atoms with Crippen molar-refractivity contribution >= 4 is 17.4 Å². The van der Waals surface area contributed by atoms with Gasteiger partial charge in [-0.15, -0.1) is 11.6 Å². The third-order valence-electron chi connectivity index (χ3n) is 3.97. The lowest BCUT2D eigenvalue weighted by Gasteiger charge is -2.39. The van der Waals surface area contributed by atoms with Crippen LogP contribution in [0.2, 0.25) is 0 Å². The lowest BCUT2D eigenvalue weighted by Crippen LogP contribution is -2.43. The summed E-state index contributed by atoms with van der Waals surface area (Å²) < 4.78 is 38.1. The lowest BCUT2D eigenvalue weighted by atomic mass is 9.78. The molecule has 0 amide bonds. The highest BCUT2D eigenvalue weighted by Gasteiger charge is 2.35. The summed E-state index contributed by atoms with van der Waals surface area (Å²) in [4.78, 5) is 3.99. The molecular formula is C14H18ClF3N2. The molecule has 1 fully saturated rings. The first-order valence-electron chi connectivity index (χ1n) is 6.72. The fraction of sp³-hybridized carbons (Fsp3) is 0.643. The van der Waals surface area contributed by atoms with Gasteiger partial charge in [0.2, 0.25) is 0 Å². The predicted molar refractivity (Wildman–Crippen MR) is 73.9 cm³/mol. The Morgan fingerprint density at radius 2 is 2.05 bits per heavy atom. The van der Waals surface area contributed by atoms with E-state index < -0.39 is 11.7 Å². The molecule has 1 N–H and O–H groups in total. The zero-order valence-electron chi connectivity index (χ0n) is 11.3. The van der Waals surface area contributed by atoms with E-state index in [4.69, 9.17) is 11.6 Å². The Morgan fingerprint density at radius 1 is 1.40 bits per heavy atom. The van der Waals surface area contributed by atoms with Crippen molar-refractivity contribution in [3.05, 3.63) is 23.9 Å². The van der Waals surface area contributed by atoms with Gasteiger partial charge in [0.1, 0.15) is 5.82 Å². The molecule has 20 heavy (non-hydrogen) atoms. The lowest BCUT2D eigenvalue weighted by molar-refractivity contribution is -0.137. The molecule has 0 aromatic carbocycles. The summed E-state index contributed by atoms with van der Waals surface area (Å²) in [6.45, 7) is 2.18. The van der Waals surface area contributed by atoms with Gasteiger partial charge < -0.3 is 5.32 Å². The molecule has 1 aromatic rings. The molecule has 1 aliphatic rings. The normalized spacial score (nSPS) is 27.4. The van der Waals surface area contributed by atoms with E-state index in [1.54, 1.807) is 0 Å². The Bertz CT molecular complexity index is 454. The van der Waals surface area contributed by atoms with Crippen LogP contribution in [0.5, 0.6) is 0 Å². The van der Waals surface area contributed by atoms with Gasteiger partial charge in [-0.25, -0.2) is 4.98 Å². The summed E-state index contributed by atoms with van der Waals surface area (Å²) >= 11 is 6.05. The molecule has 2 nitrogen and oxygen atoms in total. The monoisotopic (exact) mass is 306 g/mol. The van der Waals surface area contributed by atoms with Crippen LogP contribution in [0.1, 0.15) is 38.2 Å². The average Bonchev–Trinajstić information content (AvgIpc) is 2.41. The Morgan fingerprint density at radius 3 is 2.60 bits per heavy atom. The number of anilines is 1. The maximum atomic E-state index is 12.7. The number of pyridine rings is 1. The number of aromatic nitrogens is 1. The van der Waals surface area contributed by atoms with Gasteiger partial charge in [0.15, 0.2) is 0 Å². The minimum Gasteiger partial charge on any atom is -0.363 e. The van der Waals surface area contributed by atoms with Crippen molar-refractivity contribution < 1.29 is 13.2 Å². The molecule has 6 heteroatoms. The Kier molecular flexibility index (Phi) is 4.47. The molecule has 1 aromatic heterocycles. The Hall–Kier alpha value is -0.970. The summed E-state index contributed by atoms with van der Waals surface area (Å²) in [5, 5.41) is 3.13. The highest BCUT2D eigenvalue weighted by Crippen LogP contribution is 2.36. The standard InChI is InChI=1S/C14H18ClF3N2/c1-10-2-5-13(9-15,6-3-10)20-12-8-11(4-7-19-12)14(16,17)18/h4,7-8,10H,2-3,5-6,9H2,1H3,(H,19,20). The smallest absolute Gasteiger partial charge is 0.363 e.